The first kappa shape index (κ1) is 17.2. The molecule has 3 nitrogen and oxygen atoms in total. The molecule has 0 aliphatic heterocycles. The molecule has 0 aliphatic carbocycles. The summed E-state index contributed by atoms with van der Waals surface area (Å²) in [7, 11) is 0. The van der Waals surface area contributed by atoms with Gasteiger partial charge < -0.3 is 10.6 Å². The van der Waals surface area contributed by atoms with E-state index in [2.05, 4.69) is 31.4 Å². The van der Waals surface area contributed by atoms with E-state index in [0.29, 0.717) is 17.1 Å². The molecular weight excluding hydrogens is 292 g/mol. The van der Waals surface area contributed by atoms with Crippen LogP contribution in [0.2, 0.25) is 5.02 Å². The lowest BCUT2D eigenvalue weighted by Gasteiger charge is -2.22. The number of carbonyl (C=O) groups is 1. The molecule has 0 fully saturated rings. The van der Waals surface area contributed by atoms with Crippen LogP contribution >= 0.6 is 23.4 Å². The summed E-state index contributed by atoms with van der Waals surface area (Å²) in [5.74, 6) is -0.0896. The molecule has 112 valence electrons. The smallest absolute Gasteiger partial charge is 0.253 e. The molecule has 0 unspecified atom stereocenters. The Bertz CT molecular complexity index is 463. The zero-order valence-electron chi connectivity index (χ0n) is 12.5. The largest absolute Gasteiger partial charge is 0.384 e. The van der Waals surface area contributed by atoms with E-state index in [9.17, 15) is 4.79 Å². The number of hydrogen-bond donors (Lipinski definition) is 2. The minimum Gasteiger partial charge on any atom is -0.384 e. The summed E-state index contributed by atoms with van der Waals surface area (Å²) in [6, 6.07) is 5.36. The number of carbonyl (C=O) groups excluding carboxylic acids is 1. The van der Waals surface area contributed by atoms with E-state index in [-0.39, 0.29) is 10.7 Å². The molecule has 1 aromatic carbocycles. The maximum atomic E-state index is 12.3. The van der Waals surface area contributed by atoms with Crippen molar-refractivity contribution in [3.05, 3.63) is 28.8 Å². The second-order valence-electron chi connectivity index (χ2n) is 5.26. The Hall–Kier alpha value is -0.870. The zero-order valence-corrected chi connectivity index (χ0v) is 14.1. The zero-order chi connectivity index (χ0) is 15.2. The number of thioether (sulfide) groups is 1. The van der Waals surface area contributed by atoms with Crippen molar-refractivity contribution in [3.63, 3.8) is 0 Å². The highest BCUT2D eigenvalue weighted by Gasteiger charge is 2.19. The Morgan fingerprint density at radius 1 is 1.40 bits per heavy atom. The first-order valence-electron chi connectivity index (χ1n) is 6.76. The fourth-order valence-electron chi connectivity index (χ4n) is 1.58. The lowest BCUT2D eigenvalue weighted by Crippen LogP contribution is -2.36. The predicted molar refractivity (Wildman–Crippen MR) is 90.2 cm³/mol. The highest BCUT2D eigenvalue weighted by atomic mass is 35.5. The van der Waals surface area contributed by atoms with Crippen molar-refractivity contribution in [3.8, 4) is 0 Å². The van der Waals surface area contributed by atoms with Crippen molar-refractivity contribution < 1.29 is 4.79 Å². The van der Waals surface area contributed by atoms with Gasteiger partial charge in [-0.25, -0.2) is 0 Å². The van der Waals surface area contributed by atoms with Gasteiger partial charge in [0, 0.05) is 28.5 Å². The van der Waals surface area contributed by atoms with Crippen LogP contribution in [0.4, 0.5) is 5.69 Å². The van der Waals surface area contributed by atoms with E-state index in [4.69, 9.17) is 11.6 Å². The van der Waals surface area contributed by atoms with Crippen LogP contribution in [0.15, 0.2) is 18.2 Å². The molecule has 0 aliphatic rings. The van der Waals surface area contributed by atoms with Crippen molar-refractivity contribution in [2.75, 3.05) is 24.7 Å². The Morgan fingerprint density at radius 2 is 2.10 bits per heavy atom. The molecule has 0 radical (unpaired) electrons. The van der Waals surface area contributed by atoms with Gasteiger partial charge in [0.1, 0.15) is 0 Å². The van der Waals surface area contributed by atoms with Gasteiger partial charge in [-0.05, 0) is 44.7 Å². The van der Waals surface area contributed by atoms with Gasteiger partial charge in [-0.2, -0.15) is 11.8 Å². The average Bonchev–Trinajstić information content (AvgIpc) is 2.43. The van der Waals surface area contributed by atoms with Crippen LogP contribution in [-0.2, 0) is 0 Å². The van der Waals surface area contributed by atoms with Crippen molar-refractivity contribution in [2.45, 2.75) is 31.9 Å². The van der Waals surface area contributed by atoms with Crippen molar-refractivity contribution in [2.24, 2.45) is 0 Å². The Labute approximate surface area is 130 Å². The first-order valence-corrected chi connectivity index (χ1v) is 8.36. The molecule has 0 bridgehead atoms. The third kappa shape index (κ3) is 5.25. The summed E-state index contributed by atoms with van der Waals surface area (Å²) in [6.45, 7) is 7.74. The normalized spacial score (nSPS) is 11.2. The van der Waals surface area contributed by atoms with Crippen LogP contribution in [-0.4, -0.2) is 30.0 Å². The van der Waals surface area contributed by atoms with E-state index >= 15 is 0 Å². The molecule has 5 heteroatoms. The lowest BCUT2D eigenvalue weighted by atomic mass is 10.1. The minimum absolute atomic E-state index is 0.0191. The molecule has 1 rings (SSSR count). The maximum absolute atomic E-state index is 12.3. The molecule has 0 aromatic heterocycles. The number of rotatable bonds is 7. The first-order chi connectivity index (χ1) is 9.39. The van der Waals surface area contributed by atoms with Crippen LogP contribution in [0, 0.1) is 0 Å². The third-order valence-electron chi connectivity index (χ3n) is 3.02. The Kier molecular flexibility index (Phi) is 6.69. The van der Waals surface area contributed by atoms with E-state index in [1.54, 1.807) is 23.9 Å². The summed E-state index contributed by atoms with van der Waals surface area (Å²) in [4.78, 5) is 12.3. The van der Waals surface area contributed by atoms with E-state index in [1.165, 1.54) is 0 Å². The molecule has 1 aromatic rings. The highest BCUT2D eigenvalue weighted by molar-refractivity contribution is 7.99. The second kappa shape index (κ2) is 7.79. The van der Waals surface area contributed by atoms with Gasteiger partial charge in [-0.3, -0.25) is 4.79 Å². The van der Waals surface area contributed by atoms with E-state index in [0.717, 1.165) is 18.7 Å². The molecule has 0 saturated carbocycles. The molecule has 20 heavy (non-hydrogen) atoms. The molecule has 0 heterocycles. The van der Waals surface area contributed by atoms with Crippen LogP contribution in [0.3, 0.4) is 0 Å². The summed E-state index contributed by atoms with van der Waals surface area (Å²) in [5.41, 5.74) is 1.43. The number of nitrogens with one attached hydrogen (secondary N) is 2. The van der Waals surface area contributed by atoms with Gasteiger partial charge in [0.05, 0.1) is 5.56 Å². The molecule has 1 amide bonds. The van der Waals surface area contributed by atoms with Gasteiger partial charge in [-0.1, -0.05) is 18.5 Å². The van der Waals surface area contributed by atoms with Crippen LogP contribution in [0.1, 0.15) is 37.6 Å². The molecular formula is C15H23ClN2OS. The van der Waals surface area contributed by atoms with Gasteiger partial charge in [0.2, 0.25) is 0 Å². The standard InChI is InChI=1S/C15H23ClN2OS/c1-5-8-17-13-7-6-11(16)9-12(13)14(19)18-10-15(2,3)20-4/h6-7,9,17H,5,8,10H2,1-4H3,(H,18,19). The summed E-state index contributed by atoms with van der Waals surface area (Å²) < 4.78 is 0.0191. The molecule has 0 saturated heterocycles. The van der Waals surface area contributed by atoms with Crippen LogP contribution in [0.5, 0.6) is 0 Å². The molecule has 0 atom stereocenters. The average molecular weight is 315 g/mol. The van der Waals surface area contributed by atoms with Crippen molar-refractivity contribution in [1.29, 1.82) is 0 Å². The quantitative estimate of drug-likeness (QED) is 0.798. The van der Waals surface area contributed by atoms with Crippen LogP contribution in [0.25, 0.3) is 0 Å². The third-order valence-corrected chi connectivity index (χ3v) is 4.50. The highest BCUT2D eigenvalue weighted by Crippen LogP contribution is 2.22. The van der Waals surface area contributed by atoms with Gasteiger partial charge >= 0.3 is 0 Å². The Morgan fingerprint density at radius 3 is 2.70 bits per heavy atom. The Balaban J connectivity index is 2.82. The fraction of sp³-hybridized carbons (Fsp3) is 0.533. The van der Waals surface area contributed by atoms with E-state index in [1.807, 2.05) is 12.3 Å². The minimum atomic E-state index is -0.0896. The number of benzene rings is 1. The summed E-state index contributed by atoms with van der Waals surface area (Å²) >= 11 is 7.73. The number of anilines is 1. The van der Waals surface area contributed by atoms with E-state index < -0.39 is 0 Å². The lowest BCUT2D eigenvalue weighted by molar-refractivity contribution is 0.0951. The number of halogens is 1. The number of amides is 1. The van der Waals surface area contributed by atoms with Gasteiger partial charge in [0.15, 0.2) is 0 Å². The molecule has 0 spiro atoms. The van der Waals surface area contributed by atoms with Crippen LogP contribution < -0.4 is 10.6 Å². The maximum Gasteiger partial charge on any atom is 0.253 e. The van der Waals surface area contributed by atoms with Crippen molar-refractivity contribution >= 4 is 35.0 Å². The SMILES string of the molecule is CCCNc1ccc(Cl)cc1C(=O)NCC(C)(C)SC. The molecule has 2 N–H and O–H groups in total. The van der Waals surface area contributed by atoms with Gasteiger partial charge in [0.25, 0.3) is 5.91 Å². The monoisotopic (exact) mass is 314 g/mol. The van der Waals surface area contributed by atoms with Crippen molar-refractivity contribution in [1.82, 2.24) is 5.32 Å². The summed E-state index contributed by atoms with van der Waals surface area (Å²) in [5, 5.41) is 6.80. The van der Waals surface area contributed by atoms with Gasteiger partial charge in [-0.15, -0.1) is 0 Å². The number of hydrogen-bond acceptors (Lipinski definition) is 3. The second-order valence-corrected chi connectivity index (χ2v) is 7.21. The predicted octanol–water partition coefficient (Wildman–Crippen LogP) is 4.03. The summed E-state index contributed by atoms with van der Waals surface area (Å²) in [6.07, 6.45) is 3.04. The topological polar surface area (TPSA) is 41.1 Å². The fourth-order valence-corrected chi connectivity index (χ4v) is 1.97.